The number of benzene rings is 2. The summed E-state index contributed by atoms with van der Waals surface area (Å²) in [5.41, 5.74) is 0.515. The number of nitrogens with zero attached hydrogens (tertiary/aromatic N) is 3. The standard InChI is InChI=1S/C24H20F4N4O2/c1-30-10-2-3-14-11-16(25)5-7-18(14)31-13-32(20-8-9-21(33)29-22(20)30)23(34)17-12-15(24(26,27)28)4-6-19(17)31/h4-9,11-12H,2-3,10,13H2,1H3,(H,29,33). The highest BCUT2D eigenvalue weighted by molar-refractivity contribution is 6.13. The summed E-state index contributed by atoms with van der Waals surface area (Å²) in [5.74, 6) is -0.664. The number of halogens is 4. The van der Waals surface area contributed by atoms with Gasteiger partial charge in [0.1, 0.15) is 18.3 Å². The van der Waals surface area contributed by atoms with E-state index in [2.05, 4.69) is 4.98 Å². The van der Waals surface area contributed by atoms with Gasteiger partial charge in [-0.25, -0.2) is 4.39 Å². The molecule has 2 aromatic carbocycles. The lowest BCUT2D eigenvalue weighted by Gasteiger charge is -2.39. The normalized spacial score (nSPS) is 15.9. The van der Waals surface area contributed by atoms with Gasteiger partial charge in [0.25, 0.3) is 5.91 Å². The molecule has 2 aliphatic rings. The highest BCUT2D eigenvalue weighted by atomic mass is 19.4. The maximum atomic E-state index is 14.1. The molecule has 1 N–H and O–H groups in total. The molecule has 3 heterocycles. The molecule has 6 nitrogen and oxygen atoms in total. The average molecular weight is 472 g/mol. The Morgan fingerprint density at radius 1 is 0.912 bits per heavy atom. The molecule has 2 bridgehead atoms. The van der Waals surface area contributed by atoms with Crippen LogP contribution in [0.15, 0.2) is 53.3 Å². The highest BCUT2D eigenvalue weighted by Crippen LogP contribution is 2.42. The van der Waals surface area contributed by atoms with E-state index in [9.17, 15) is 27.2 Å². The number of fused-ring (bicyclic) bond motifs is 8. The maximum absolute atomic E-state index is 14.1. The van der Waals surface area contributed by atoms with Crippen LogP contribution in [0.2, 0.25) is 0 Å². The van der Waals surface area contributed by atoms with Crippen molar-refractivity contribution in [2.45, 2.75) is 19.0 Å². The number of aryl methyl sites for hydroxylation is 1. The van der Waals surface area contributed by atoms with Gasteiger partial charge in [-0.15, -0.1) is 0 Å². The zero-order valence-corrected chi connectivity index (χ0v) is 18.1. The molecule has 1 aromatic heterocycles. The van der Waals surface area contributed by atoms with Crippen molar-refractivity contribution >= 4 is 28.8 Å². The number of alkyl halides is 3. The molecule has 0 saturated carbocycles. The zero-order chi connectivity index (χ0) is 24.2. The fourth-order valence-corrected chi connectivity index (χ4v) is 4.54. The summed E-state index contributed by atoms with van der Waals surface area (Å²) >= 11 is 0. The van der Waals surface area contributed by atoms with Crippen LogP contribution < -0.4 is 20.3 Å². The number of hydrogen-bond acceptors (Lipinski definition) is 4. The van der Waals surface area contributed by atoms with Crippen molar-refractivity contribution in [1.82, 2.24) is 4.98 Å². The van der Waals surface area contributed by atoms with Crippen molar-refractivity contribution in [3.05, 3.63) is 81.4 Å². The maximum Gasteiger partial charge on any atom is 0.416 e. The van der Waals surface area contributed by atoms with Crippen LogP contribution in [0.25, 0.3) is 0 Å². The van der Waals surface area contributed by atoms with E-state index in [1.165, 1.54) is 35.2 Å². The fourth-order valence-electron chi connectivity index (χ4n) is 4.54. The Kier molecular flexibility index (Phi) is 5.11. The minimum absolute atomic E-state index is 0.0251. The van der Waals surface area contributed by atoms with Crippen molar-refractivity contribution < 1.29 is 22.4 Å². The topological polar surface area (TPSA) is 59.6 Å². The highest BCUT2D eigenvalue weighted by Gasteiger charge is 2.38. The number of nitrogens with one attached hydrogen (secondary N) is 1. The molecule has 0 saturated heterocycles. The van der Waals surface area contributed by atoms with Crippen LogP contribution >= 0.6 is 0 Å². The second kappa shape index (κ2) is 7.89. The number of hydrogen-bond donors (Lipinski definition) is 1. The minimum atomic E-state index is -4.63. The van der Waals surface area contributed by atoms with Crippen LogP contribution in [-0.4, -0.2) is 31.2 Å². The Morgan fingerprint density at radius 3 is 2.41 bits per heavy atom. The lowest BCUT2D eigenvalue weighted by atomic mass is 10.0. The van der Waals surface area contributed by atoms with Crippen LogP contribution in [0.4, 0.5) is 40.4 Å². The van der Waals surface area contributed by atoms with Crippen LogP contribution in [0.3, 0.4) is 0 Å². The van der Waals surface area contributed by atoms with Crippen molar-refractivity contribution in [1.29, 1.82) is 0 Å². The van der Waals surface area contributed by atoms with Crippen molar-refractivity contribution in [3.8, 4) is 0 Å². The fraction of sp³-hybridized carbons (Fsp3) is 0.250. The Balaban J connectivity index is 1.78. The number of carbonyl (C=O) groups is 1. The third kappa shape index (κ3) is 3.68. The number of aromatic nitrogens is 1. The van der Waals surface area contributed by atoms with Gasteiger partial charge in [0.05, 0.1) is 22.5 Å². The monoisotopic (exact) mass is 472 g/mol. The first kappa shape index (κ1) is 22.0. The predicted octanol–water partition coefficient (Wildman–Crippen LogP) is 4.67. The van der Waals surface area contributed by atoms with Crippen LogP contribution in [0.5, 0.6) is 0 Å². The largest absolute Gasteiger partial charge is 0.416 e. The molecule has 0 radical (unpaired) electrons. The molecule has 0 spiro atoms. The summed E-state index contributed by atoms with van der Waals surface area (Å²) < 4.78 is 54.6. The van der Waals surface area contributed by atoms with E-state index < -0.39 is 23.5 Å². The molecule has 2 aliphatic heterocycles. The molecule has 34 heavy (non-hydrogen) atoms. The van der Waals surface area contributed by atoms with Crippen LogP contribution in [0.1, 0.15) is 27.9 Å². The first-order chi connectivity index (χ1) is 16.1. The number of carbonyl (C=O) groups excluding carboxylic acids is 1. The number of pyridine rings is 1. The first-order valence-corrected chi connectivity index (χ1v) is 10.7. The van der Waals surface area contributed by atoms with E-state index in [4.69, 9.17) is 0 Å². The zero-order valence-electron chi connectivity index (χ0n) is 18.1. The van der Waals surface area contributed by atoms with E-state index >= 15 is 0 Å². The number of anilines is 4. The Hall–Kier alpha value is -3.82. The second-order valence-corrected chi connectivity index (χ2v) is 8.39. The summed E-state index contributed by atoms with van der Waals surface area (Å²) in [4.78, 5) is 33.2. The number of H-pyrrole nitrogens is 1. The van der Waals surface area contributed by atoms with E-state index in [1.54, 1.807) is 22.9 Å². The lowest BCUT2D eigenvalue weighted by molar-refractivity contribution is -0.137. The van der Waals surface area contributed by atoms with Gasteiger partial charge in [0.15, 0.2) is 0 Å². The number of rotatable bonds is 0. The van der Waals surface area contributed by atoms with Crippen molar-refractivity contribution in [2.24, 2.45) is 0 Å². The SMILES string of the molecule is CN1CCCc2cc(F)ccc2N2CN(C(=O)c3cc(C(F)(F)F)ccc32)c2ccc(=O)[nH]c21. The smallest absolute Gasteiger partial charge is 0.359 e. The average Bonchev–Trinajstić information content (AvgIpc) is 2.80. The molecule has 5 rings (SSSR count). The van der Waals surface area contributed by atoms with Crippen LogP contribution in [-0.2, 0) is 12.6 Å². The molecule has 0 unspecified atom stereocenters. The Morgan fingerprint density at radius 2 is 1.65 bits per heavy atom. The van der Waals surface area contributed by atoms with Crippen molar-refractivity contribution in [3.63, 3.8) is 0 Å². The second-order valence-electron chi connectivity index (χ2n) is 8.39. The summed E-state index contributed by atoms with van der Waals surface area (Å²) in [6.45, 7) is 0.471. The molecule has 0 aliphatic carbocycles. The van der Waals surface area contributed by atoms with Gasteiger partial charge in [-0.1, -0.05) is 0 Å². The van der Waals surface area contributed by atoms with Gasteiger partial charge < -0.3 is 14.8 Å². The predicted molar refractivity (Wildman–Crippen MR) is 120 cm³/mol. The van der Waals surface area contributed by atoms with Crippen molar-refractivity contribution in [2.75, 3.05) is 35.0 Å². The third-order valence-corrected chi connectivity index (χ3v) is 6.19. The van der Waals surface area contributed by atoms with Gasteiger partial charge in [0, 0.05) is 25.3 Å². The van der Waals surface area contributed by atoms with Gasteiger partial charge in [-0.05, 0) is 60.9 Å². The third-order valence-electron chi connectivity index (χ3n) is 6.19. The quantitative estimate of drug-likeness (QED) is 0.483. The summed E-state index contributed by atoms with van der Waals surface area (Å²) in [7, 11) is 1.75. The van der Waals surface area contributed by atoms with E-state index in [1.807, 2.05) is 0 Å². The summed E-state index contributed by atoms with van der Waals surface area (Å²) in [6, 6.07) is 10.1. The van der Waals surface area contributed by atoms with E-state index in [-0.39, 0.29) is 17.8 Å². The van der Waals surface area contributed by atoms with Gasteiger partial charge in [0.2, 0.25) is 5.56 Å². The molecule has 176 valence electrons. The molecule has 10 heteroatoms. The number of aromatic amines is 1. The minimum Gasteiger partial charge on any atom is -0.359 e. The summed E-state index contributed by atoms with van der Waals surface area (Å²) in [5, 5.41) is 0. The first-order valence-electron chi connectivity index (χ1n) is 10.7. The van der Waals surface area contributed by atoms with E-state index in [0.29, 0.717) is 47.8 Å². The Bertz CT molecular complexity index is 1350. The van der Waals surface area contributed by atoms with Crippen LogP contribution in [0, 0.1) is 5.82 Å². The molecular weight excluding hydrogens is 452 g/mol. The Labute approximate surface area is 192 Å². The number of amides is 1. The molecule has 3 aromatic rings. The van der Waals surface area contributed by atoms with Gasteiger partial charge in [-0.2, -0.15) is 13.2 Å². The lowest BCUT2D eigenvalue weighted by Crippen LogP contribution is -2.46. The molecule has 0 atom stereocenters. The van der Waals surface area contributed by atoms with E-state index in [0.717, 1.165) is 12.1 Å². The summed E-state index contributed by atoms with van der Waals surface area (Å²) in [6.07, 6.45) is -3.52. The molecule has 1 amide bonds. The molecule has 0 fully saturated rings. The van der Waals surface area contributed by atoms with Gasteiger partial charge >= 0.3 is 6.18 Å². The molecular formula is C24H20F4N4O2. The van der Waals surface area contributed by atoms with Gasteiger partial charge in [-0.3, -0.25) is 14.5 Å².